The van der Waals surface area contributed by atoms with Crippen LogP contribution in [0.5, 0.6) is 0 Å². The van der Waals surface area contributed by atoms with Crippen molar-refractivity contribution >= 4 is 26.7 Å². The van der Waals surface area contributed by atoms with Crippen LogP contribution in [0, 0.1) is 0 Å². The summed E-state index contributed by atoms with van der Waals surface area (Å²) in [6, 6.07) is 13.8. The van der Waals surface area contributed by atoms with Gasteiger partial charge in [-0.3, -0.25) is 0 Å². The van der Waals surface area contributed by atoms with Crippen molar-refractivity contribution in [2.75, 3.05) is 31.1 Å². The first kappa shape index (κ1) is 19.0. The van der Waals surface area contributed by atoms with Gasteiger partial charge in [0.1, 0.15) is 10.5 Å². The minimum Gasteiger partial charge on any atom is -0.369 e. The van der Waals surface area contributed by atoms with Gasteiger partial charge in [0.25, 0.3) is 0 Å². The Hall–Kier alpha value is -2.38. The Bertz CT molecular complexity index is 1040. The van der Waals surface area contributed by atoms with E-state index in [2.05, 4.69) is 28.9 Å². The van der Waals surface area contributed by atoms with Gasteiger partial charge in [0.15, 0.2) is 0 Å². The van der Waals surface area contributed by atoms with Gasteiger partial charge in [-0.2, -0.15) is 4.31 Å². The van der Waals surface area contributed by atoms with E-state index in [9.17, 15) is 8.42 Å². The molecule has 3 heterocycles. The van der Waals surface area contributed by atoms with Crippen molar-refractivity contribution < 1.29 is 8.42 Å². The zero-order valence-electron chi connectivity index (χ0n) is 16.2. The van der Waals surface area contributed by atoms with Crippen molar-refractivity contribution in [1.29, 1.82) is 0 Å². The summed E-state index contributed by atoms with van der Waals surface area (Å²) in [6.07, 6.45) is 5.54. The number of para-hydroxylation sites is 1. The Kier molecular flexibility index (Phi) is 5.37. The lowest BCUT2D eigenvalue weighted by Crippen LogP contribution is -2.48. The van der Waals surface area contributed by atoms with E-state index in [1.54, 1.807) is 22.8 Å². The molecule has 7 heteroatoms. The molecular weight excluding hydrogens is 372 g/mol. The van der Waals surface area contributed by atoms with E-state index >= 15 is 0 Å². The number of rotatable bonds is 6. The molecule has 2 aromatic heterocycles. The second kappa shape index (κ2) is 7.93. The SMILES string of the molecule is CCCCn1cc(S(=O)(=O)N2CCN(c3ccccc3)CC2)c2cccnc21. The number of sulfonamides is 1. The topological polar surface area (TPSA) is 58.4 Å². The van der Waals surface area contributed by atoms with E-state index in [4.69, 9.17) is 0 Å². The van der Waals surface area contributed by atoms with Crippen LogP contribution in [-0.2, 0) is 16.6 Å². The van der Waals surface area contributed by atoms with E-state index in [1.165, 1.54) is 0 Å². The van der Waals surface area contributed by atoms with Crippen LogP contribution in [0.3, 0.4) is 0 Å². The number of anilines is 1. The molecule has 0 spiro atoms. The van der Waals surface area contributed by atoms with Gasteiger partial charge in [-0.05, 0) is 30.7 Å². The summed E-state index contributed by atoms with van der Waals surface area (Å²) in [5.41, 5.74) is 1.89. The Balaban J connectivity index is 1.59. The molecule has 1 aliphatic heterocycles. The summed E-state index contributed by atoms with van der Waals surface area (Å²) in [4.78, 5) is 7.05. The summed E-state index contributed by atoms with van der Waals surface area (Å²) in [5, 5.41) is 0.712. The molecule has 0 bridgehead atoms. The van der Waals surface area contributed by atoms with Gasteiger partial charge < -0.3 is 9.47 Å². The summed E-state index contributed by atoms with van der Waals surface area (Å²) in [5.74, 6) is 0. The third-order valence-electron chi connectivity index (χ3n) is 5.33. The summed E-state index contributed by atoms with van der Waals surface area (Å²) < 4.78 is 30.4. The molecule has 1 aromatic carbocycles. The zero-order valence-corrected chi connectivity index (χ0v) is 17.0. The number of aryl methyl sites for hydroxylation is 1. The number of hydrogen-bond donors (Lipinski definition) is 0. The second-order valence-electron chi connectivity index (χ2n) is 7.14. The molecule has 148 valence electrons. The van der Waals surface area contributed by atoms with Crippen molar-refractivity contribution in [1.82, 2.24) is 13.9 Å². The Morgan fingerprint density at radius 2 is 1.75 bits per heavy atom. The Labute approximate surface area is 166 Å². The minimum atomic E-state index is -3.55. The molecule has 6 nitrogen and oxygen atoms in total. The molecule has 0 N–H and O–H groups in total. The standard InChI is InChI=1S/C21H26N4O2S/c1-2-3-12-24-17-20(19-10-7-11-22-21(19)24)28(26,27)25-15-13-23(14-16-25)18-8-5-4-6-9-18/h4-11,17H,2-3,12-16H2,1H3. The summed E-state index contributed by atoms with van der Waals surface area (Å²) in [6.45, 7) is 5.26. The number of aromatic nitrogens is 2. The number of hydrogen-bond acceptors (Lipinski definition) is 4. The monoisotopic (exact) mass is 398 g/mol. The molecule has 28 heavy (non-hydrogen) atoms. The Morgan fingerprint density at radius 1 is 1.00 bits per heavy atom. The van der Waals surface area contributed by atoms with E-state index in [-0.39, 0.29) is 0 Å². The number of pyridine rings is 1. The molecule has 1 fully saturated rings. The first-order valence-corrected chi connectivity index (χ1v) is 11.3. The van der Waals surface area contributed by atoms with Crippen molar-refractivity contribution in [2.45, 2.75) is 31.2 Å². The average Bonchev–Trinajstić information content (AvgIpc) is 3.12. The quantitative estimate of drug-likeness (QED) is 0.639. The Morgan fingerprint density at radius 3 is 2.46 bits per heavy atom. The fourth-order valence-electron chi connectivity index (χ4n) is 3.76. The normalized spacial score (nSPS) is 16.0. The van der Waals surface area contributed by atoms with E-state index < -0.39 is 10.0 Å². The molecule has 0 unspecified atom stereocenters. The fourth-order valence-corrected chi connectivity index (χ4v) is 5.38. The zero-order chi connectivity index (χ0) is 19.6. The molecule has 0 amide bonds. The van der Waals surface area contributed by atoms with Gasteiger partial charge in [-0.15, -0.1) is 0 Å². The van der Waals surface area contributed by atoms with Crippen LogP contribution >= 0.6 is 0 Å². The lowest BCUT2D eigenvalue weighted by atomic mass is 10.2. The lowest BCUT2D eigenvalue weighted by molar-refractivity contribution is 0.385. The van der Waals surface area contributed by atoms with Crippen molar-refractivity contribution in [3.8, 4) is 0 Å². The number of fused-ring (bicyclic) bond motifs is 1. The number of unbranched alkanes of at least 4 members (excludes halogenated alkanes) is 1. The van der Waals surface area contributed by atoms with E-state index in [0.29, 0.717) is 36.5 Å². The van der Waals surface area contributed by atoms with Gasteiger partial charge in [-0.25, -0.2) is 13.4 Å². The molecule has 0 saturated carbocycles. The molecule has 4 rings (SSSR count). The van der Waals surface area contributed by atoms with Crippen LogP contribution < -0.4 is 4.90 Å². The average molecular weight is 399 g/mol. The van der Waals surface area contributed by atoms with Crippen LogP contribution in [0.25, 0.3) is 11.0 Å². The first-order chi connectivity index (χ1) is 13.6. The maximum atomic E-state index is 13.4. The van der Waals surface area contributed by atoms with Gasteiger partial charge >= 0.3 is 0 Å². The second-order valence-corrected chi connectivity index (χ2v) is 9.05. The summed E-state index contributed by atoms with van der Waals surface area (Å²) in [7, 11) is -3.55. The van der Waals surface area contributed by atoms with Crippen LogP contribution in [-0.4, -0.2) is 48.5 Å². The van der Waals surface area contributed by atoms with E-state index in [1.807, 2.05) is 28.8 Å². The maximum Gasteiger partial charge on any atom is 0.245 e. The first-order valence-electron chi connectivity index (χ1n) is 9.85. The van der Waals surface area contributed by atoms with Crippen LogP contribution in [0.2, 0.25) is 0 Å². The maximum absolute atomic E-state index is 13.4. The molecule has 1 saturated heterocycles. The minimum absolute atomic E-state index is 0.375. The van der Waals surface area contributed by atoms with Gasteiger partial charge in [0.05, 0.1) is 0 Å². The largest absolute Gasteiger partial charge is 0.369 e. The number of nitrogens with zero attached hydrogens (tertiary/aromatic N) is 4. The van der Waals surface area contributed by atoms with Gasteiger partial charge in [0.2, 0.25) is 10.0 Å². The highest BCUT2D eigenvalue weighted by molar-refractivity contribution is 7.89. The molecule has 0 radical (unpaired) electrons. The van der Waals surface area contributed by atoms with Crippen molar-refractivity contribution in [3.63, 3.8) is 0 Å². The van der Waals surface area contributed by atoms with Crippen LogP contribution in [0.4, 0.5) is 5.69 Å². The highest BCUT2D eigenvalue weighted by Gasteiger charge is 2.31. The predicted octanol–water partition coefficient (Wildman–Crippen LogP) is 3.35. The number of piperazine rings is 1. The van der Waals surface area contributed by atoms with Crippen molar-refractivity contribution in [2.24, 2.45) is 0 Å². The molecule has 0 aliphatic carbocycles. The van der Waals surface area contributed by atoms with Gasteiger partial charge in [-0.1, -0.05) is 31.5 Å². The third kappa shape index (κ3) is 3.52. The highest BCUT2D eigenvalue weighted by atomic mass is 32.2. The predicted molar refractivity (Wildman–Crippen MR) is 112 cm³/mol. The third-order valence-corrected chi connectivity index (χ3v) is 7.25. The highest BCUT2D eigenvalue weighted by Crippen LogP contribution is 2.28. The van der Waals surface area contributed by atoms with Crippen LogP contribution in [0.1, 0.15) is 19.8 Å². The number of benzene rings is 1. The smallest absolute Gasteiger partial charge is 0.245 e. The molecule has 3 aromatic rings. The van der Waals surface area contributed by atoms with E-state index in [0.717, 1.165) is 30.7 Å². The lowest BCUT2D eigenvalue weighted by Gasteiger charge is -2.35. The fraction of sp³-hybridized carbons (Fsp3) is 0.381. The summed E-state index contributed by atoms with van der Waals surface area (Å²) >= 11 is 0. The molecule has 0 atom stereocenters. The molecular formula is C21H26N4O2S. The van der Waals surface area contributed by atoms with Crippen molar-refractivity contribution in [3.05, 3.63) is 54.9 Å². The van der Waals surface area contributed by atoms with Crippen LogP contribution in [0.15, 0.2) is 59.8 Å². The van der Waals surface area contributed by atoms with Gasteiger partial charge in [0, 0.05) is 56.2 Å². The molecule has 1 aliphatic rings.